The van der Waals surface area contributed by atoms with Gasteiger partial charge in [0, 0.05) is 11.9 Å². The Bertz CT molecular complexity index is 614. The van der Waals surface area contributed by atoms with Crippen molar-refractivity contribution in [3.8, 4) is 5.75 Å². The number of ether oxygens (including phenoxy) is 1. The highest BCUT2D eigenvalue weighted by atomic mass is 35.5. The van der Waals surface area contributed by atoms with E-state index in [1.807, 2.05) is 13.0 Å². The lowest BCUT2D eigenvalue weighted by Crippen LogP contribution is -2.13. The van der Waals surface area contributed by atoms with Crippen LogP contribution in [-0.4, -0.2) is 18.0 Å². The lowest BCUT2D eigenvalue weighted by molar-refractivity contribution is 0.102. The van der Waals surface area contributed by atoms with Crippen molar-refractivity contribution >= 4 is 23.2 Å². The predicted octanol–water partition coefficient (Wildman–Crippen LogP) is 3.30. The van der Waals surface area contributed by atoms with Crippen molar-refractivity contribution in [3.05, 3.63) is 52.8 Å². The largest absolute Gasteiger partial charge is 0.497 e. The van der Waals surface area contributed by atoms with E-state index in [9.17, 15) is 4.79 Å². The fourth-order valence-electron chi connectivity index (χ4n) is 1.65. The second-order valence-electron chi connectivity index (χ2n) is 3.98. The van der Waals surface area contributed by atoms with E-state index in [4.69, 9.17) is 16.3 Å². The highest BCUT2D eigenvalue weighted by Crippen LogP contribution is 2.22. The van der Waals surface area contributed by atoms with E-state index in [-0.39, 0.29) is 11.1 Å². The Morgan fingerprint density at radius 2 is 2.16 bits per heavy atom. The van der Waals surface area contributed by atoms with E-state index < -0.39 is 0 Å². The molecule has 1 heterocycles. The van der Waals surface area contributed by atoms with Gasteiger partial charge in [0.1, 0.15) is 10.9 Å². The first-order valence-corrected chi connectivity index (χ1v) is 6.06. The first-order valence-electron chi connectivity index (χ1n) is 5.68. The van der Waals surface area contributed by atoms with Crippen LogP contribution in [-0.2, 0) is 0 Å². The zero-order valence-electron chi connectivity index (χ0n) is 10.6. The number of anilines is 1. The number of halogens is 1. The second kappa shape index (κ2) is 5.71. The number of pyridine rings is 1. The molecule has 2 aromatic rings. The monoisotopic (exact) mass is 276 g/mol. The molecule has 0 bridgehead atoms. The average molecular weight is 277 g/mol. The Morgan fingerprint density at radius 1 is 1.37 bits per heavy atom. The lowest BCUT2D eigenvalue weighted by Gasteiger charge is -2.10. The summed E-state index contributed by atoms with van der Waals surface area (Å²) in [6, 6.07) is 8.72. The van der Waals surface area contributed by atoms with Gasteiger partial charge in [-0.15, -0.1) is 0 Å². The number of methoxy groups -OCH3 is 1. The molecule has 5 heteroatoms. The van der Waals surface area contributed by atoms with Gasteiger partial charge in [-0.1, -0.05) is 11.6 Å². The first-order chi connectivity index (χ1) is 9.11. The third-order valence-electron chi connectivity index (χ3n) is 2.69. The number of nitrogens with zero attached hydrogens (tertiary/aromatic N) is 1. The summed E-state index contributed by atoms with van der Waals surface area (Å²) < 4.78 is 5.11. The van der Waals surface area contributed by atoms with Crippen LogP contribution in [0.25, 0.3) is 0 Å². The highest BCUT2D eigenvalue weighted by Gasteiger charge is 2.12. The Morgan fingerprint density at radius 3 is 2.79 bits per heavy atom. The fraction of sp³-hybridized carbons (Fsp3) is 0.143. The summed E-state index contributed by atoms with van der Waals surface area (Å²) in [6.07, 6.45) is 1.54. The van der Waals surface area contributed by atoms with E-state index >= 15 is 0 Å². The van der Waals surface area contributed by atoms with Gasteiger partial charge in [-0.2, -0.15) is 0 Å². The van der Waals surface area contributed by atoms with Crippen molar-refractivity contribution in [2.75, 3.05) is 12.4 Å². The van der Waals surface area contributed by atoms with Crippen LogP contribution in [0.1, 0.15) is 15.9 Å². The molecule has 0 spiro atoms. The van der Waals surface area contributed by atoms with Crippen LogP contribution in [0.4, 0.5) is 5.69 Å². The number of nitrogens with one attached hydrogen (secondary N) is 1. The molecule has 4 nitrogen and oxygen atoms in total. The van der Waals surface area contributed by atoms with Gasteiger partial charge < -0.3 is 10.1 Å². The molecule has 2 rings (SSSR count). The smallest absolute Gasteiger partial charge is 0.258 e. The maximum absolute atomic E-state index is 12.1. The summed E-state index contributed by atoms with van der Waals surface area (Å²) >= 11 is 5.88. The summed E-state index contributed by atoms with van der Waals surface area (Å²) in [7, 11) is 1.60. The van der Waals surface area contributed by atoms with E-state index in [0.717, 1.165) is 11.3 Å². The number of benzene rings is 1. The minimum atomic E-state index is -0.286. The molecule has 1 amide bonds. The van der Waals surface area contributed by atoms with E-state index in [0.29, 0.717) is 11.3 Å². The Hall–Kier alpha value is -2.07. The molecular weight excluding hydrogens is 264 g/mol. The summed E-state index contributed by atoms with van der Waals surface area (Å²) in [5.41, 5.74) is 1.97. The predicted molar refractivity (Wildman–Crippen MR) is 74.9 cm³/mol. The van der Waals surface area contributed by atoms with Gasteiger partial charge in [0.05, 0.1) is 12.7 Å². The van der Waals surface area contributed by atoms with Crippen molar-refractivity contribution in [1.82, 2.24) is 4.98 Å². The van der Waals surface area contributed by atoms with Crippen LogP contribution in [0, 0.1) is 6.92 Å². The topological polar surface area (TPSA) is 51.2 Å². The van der Waals surface area contributed by atoms with Gasteiger partial charge in [-0.3, -0.25) is 4.79 Å². The van der Waals surface area contributed by atoms with Crippen LogP contribution >= 0.6 is 11.6 Å². The van der Waals surface area contributed by atoms with Gasteiger partial charge in [0.25, 0.3) is 5.91 Å². The molecule has 1 aromatic carbocycles. The van der Waals surface area contributed by atoms with E-state index in [1.54, 1.807) is 31.4 Å². The highest BCUT2D eigenvalue weighted by molar-refractivity contribution is 6.33. The molecule has 0 saturated carbocycles. The standard InChI is InChI=1S/C14H13ClN2O2/c1-9-8-10(19-2)5-6-12(9)17-14(18)11-4-3-7-16-13(11)15/h3-8H,1-2H3,(H,17,18). The second-order valence-corrected chi connectivity index (χ2v) is 4.33. The third-order valence-corrected chi connectivity index (χ3v) is 2.99. The van der Waals surface area contributed by atoms with Gasteiger partial charge in [0.15, 0.2) is 0 Å². The van der Waals surface area contributed by atoms with Crippen LogP contribution in [0.15, 0.2) is 36.5 Å². The van der Waals surface area contributed by atoms with E-state index in [2.05, 4.69) is 10.3 Å². The molecule has 98 valence electrons. The van der Waals surface area contributed by atoms with Crippen molar-refractivity contribution in [2.45, 2.75) is 6.92 Å². The van der Waals surface area contributed by atoms with Crippen molar-refractivity contribution in [2.24, 2.45) is 0 Å². The minimum Gasteiger partial charge on any atom is -0.497 e. The Balaban J connectivity index is 2.22. The molecule has 1 N–H and O–H groups in total. The van der Waals surface area contributed by atoms with Crippen molar-refractivity contribution in [3.63, 3.8) is 0 Å². The molecule has 0 radical (unpaired) electrons. The Labute approximate surface area is 116 Å². The number of aryl methyl sites for hydroxylation is 1. The average Bonchev–Trinajstić information content (AvgIpc) is 2.41. The molecule has 0 unspecified atom stereocenters. The zero-order chi connectivity index (χ0) is 13.8. The van der Waals surface area contributed by atoms with E-state index in [1.165, 1.54) is 6.20 Å². The number of amides is 1. The van der Waals surface area contributed by atoms with Gasteiger partial charge in [-0.05, 0) is 42.8 Å². The summed E-state index contributed by atoms with van der Waals surface area (Å²) in [5, 5.41) is 2.99. The first kappa shape index (κ1) is 13.4. The zero-order valence-corrected chi connectivity index (χ0v) is 11.4. The number of rotatable bonds is 3. The quantitative estimate of drug-likeness (QED) is 0.875. The van der Waals surface area contributed by atoms with Crippen molar-refractivity contribution in [1.29, 1.82) is 0 Å². The molecule has 0 saturated heterocycles. The number of aromatic nitrogens is 1. The fourth-order valence-corrected chi connectivity index (χ4v) is 1.85. The van der Waals surface area contributed by atoms with Crippen LogP contribution < -0.4 is 10.1 Å². The molecule has 0 fully saturated rings. The van der Waals surface area contributed by atoms with Gasteiger partial charge >= 0.3 is 0 Å². The third kappa shape index (κ3) is 3.03. The lowest BCUT2D eigenvalue weighted by atomic mass is 10.1. The number of hydrogen-bond donors (Lipinski definition) is 1. The maximum Gasteiger partial charge on any atom is 0.258 e. The Kier molecular flexibility index (Phi) is 4.02. The summed E-state index contributed by atoms with van der Waals surface area (Å²) in [6.45, 7) is 1.89. The number of carbonyl (C=O) groups excluding carboxylic acids is 1. The van der Waals surface area contributed by atoms with Crippen LogP contribution in [0.5, 0.6) is 5.75 Å². The maximum atomic E-state index is 12.1. The normalized spacial score (nSPS) is 10.1. The summed E-state index contributed by atoms with van der Waals surface area (Å²) in [5.74, 6) is 0.460. The van der Waals surface area contributed by atoms with Crippen molar-refractivity contribution < 1.29 is 9.53 Å². The SMILES string of the molecule is COc1ccc(NC(=O)c2cccnc2Cl)c(C)c1. The van der Waals surface area contributed by atoms with Gasteiger partial charge in [-0.25, -0.2) is 4.98 Å². The summed E-state index contributed by atoms with van der Waals surface area (Å²) in [4.78, 5) is 16.0. The molecule has 0 aliphatic heterocycles. The van der Waals surface area contributed by atoms with Crippen LogP contribution in [0.2, 0.25) is 5.15 Å². The number of hydrogen-bond acceptors (Lipinski definition) is 3. The number of carbonyl (C=O) groups is 1. The molecule has 0 atom stereocenters. The molecule has 0 aliphatic carbocycles. The molecule has 19 heavy (non-hydrogen) atoms. The minimum absolute atomic E-state index is 0.186. The molecular formula is C14H13ClN2O2. The molecule has 1 aromatic heterocycles. The van der Waals surface area contributed by atoms with Crippen LogP contribution in [0.3, 0.4) is 0 Å². The van der Waals surface area contributed by atoms with Gasteiger partial charge in [0.2, 0.25) is 0 Å². The molecule has 0 aliphatic rings.